The molecule has 0 N–H and O–H groups in total. The van der Waals surface area contributed by atoms with E-state index >= 15 is 0 Å². The Bertz CT molecular complexity index is 29.4. The van der Waals surface area contributed by atoms with Gasteiger partial charge in [-0.25, -0.2) is 0 Å². The Labute approximate surface area is 57.7 Å². The van der Waals surface area contributed by atoms with Crippen LogP contribution in [0, 0.1) is 0 Å². The fourth-order valence-electron chi connectivity index (χ4n) is 0.854. The molecule has 0 aromatic carbocycles. The second-order valence-corrected chi connectivity index (χ2v) is 2.41. The Kier molecular flexibility index (Phi) is 7.88. The van der Waals surface area contributed by atoms with Crippen LogP contribution in [0.25, 0.3) is 0 Å². The zero-order chi connectivity index (χ0) is 6.24. The predicted molar refractivity (Wildman–Crippen MR) is 57.3 cm³/mol. The van der Waals surface area contributed by atoms with Crippen molar-refractivity contribution in [1.82, 2.24) is 0 Å². The number of hydrogen-bond acceptors (Lipinski definition) is 0. The summed E-state index contributed by atoms with van der Waals surface area (Å²) in [5.74, 6) is 0. The van der Waals surface area contributed by atoms with Gasteiger partial charge in [0.1, 0.15) is 0 Å². The second kappa shape index (κ2) is 7.45. The lowest BCUT2D eigenvalue weighted by molar-refractivity contribution is 2.37. The lowest BCUT2D eigenvalue weighted by Crippen LogP contribution is -2.25. The Morgan fingerprint density at radius 3 is 2.12 bits per heavy atom. The molecule has 0 aliphatic carbocycles. The van der Waals surface area contributed by atoms with E-state index in [1.165, 1.54) is 42.5 Å². The first kappa shape index (κ1) is 8.45. The standard InChI is InChI=1S/CH11B7/c1-3-5-7-8-6-4-2/h3-8H,2H2,1H3. The highest BCUT2D eigenvalue weighted by atomic mass is 12.8. The molecule has 0 aliphatic rings. The monoisotopic (exact) mass is 100 g/mol. The summed E-state index contributed by atoms with van der Waals surface area (Å²) in [6.45, 7) is 2.26. The largest absolute Gasteiger partial charge is 0.0966 e. The van der Waals surface area contributed by atoms with Crippen LogP contribution in [0.15, 0.2) is 0 Å². The van der Waals surface area contributed by atoms with Crippen LogP contribution in [0.4, 0.5) is 0 Å². The normalized spacial score (nSPS) is 6.62. The zero-order valence-electron chi connectivity index (χ0n) is 6.24. The Hall–Kier alpha value is 0.455. The third-order valence-electron chi connectivity index (χ3n) is 1.46. The van der Waals surface area contributed by atoms with E-state index in [-0.39, 0.29) is 0 Å². The second-order valence-electron chi connectivity index (χ2n) is 2.41. The SMILES string of the molecule is BBBBBBBC. The van der Waals surface area contributed by atoms with Crippen LogP contribution in [0.2, 0.25) is 6.82 Å². The topological polar surface area (TPSA) is 0 Å². The van der Waals surface area contributed by atoms with Crippen molar-refractivity contribution in [2.45, 2.75) is 6.82 Å². The molecule has 0 unspecified atom stereocenters. The van der Waals surface area contributed by atoms with Gasteiger partial charge in [0.15, 0.2) is 0 Å². The van der Waals surface area contributed by atoms with Crippen molar-refractivity contribution in [2.24, 2.45) is 0 Å². The van der Waals surface area contributed by atoms with E-state index in [1.54, 1.807) is 0 Å². The maximum Gasteiger partial charge on any atom is 0.0738 e. The summed E-state index contributed by atoms with van der Waals surface area (Å²) in [7, 11) is 10.7. The summed E-state index contributed by atoms with van der Waals surface area (Å²) in [5.41, 5.74) is 0. The summed E-state index contributed by atoms with van der Waals surface area (Å²) in [4.78, 5) is 0. The molecule has 36 valence electrons. The molecule has 0 rings (SSSR count). The summed E-state index contributed by atoms with van der Waals surface area (Å²) in [6, 6.07) is 0. The molecule has 7 heteroatoms. The maximum absolute atomic E-state index is 2.26. The van der Waals surface area contributed by atoms with Gasteiger partial charge in [-0.1, -0.05) is 6.82 Å². The van der Waals surface area contributed by atoms with Crippen molar-refractivity contribution in [3.63, 3.8) is 0 Å². The molecular formula is CH11B7. The van der Waals surface area contributed by atoms with Gasteiger partial charge in [0.2, 0.25) is 0 Å². The number of rotatable bonds is 5. The van der Waals surface area contributed by atoms with Gasteiger partial charge in [0, 0.05) is 35.3 Å². The third-order valence-corrected chi connectivity index (χ3v) is 1.46. The van der Waals surface area contributed by atoms with Crippen LogP contribution in [0.3, 0.4) is 0 Å². The van der Waals surface area contributed by atoms with Gasteiger partial charge in [0.05, 0.1) is 14.9 Å². The quantitative estimate of drug-likeness (QED) is 0.242. The average molecular weight is 98.8 g/mol. The van der Waals surface area contributed by atoms with Crippen molar-refractivity contribution in [3.05, 3.63) is 0 Å². The third kappa shape index (κ3) is 6.45. The smallest absolute Gasteiger partial charge is 0.0738 e. The molecule has 0 bridgehead atoms. The fraction of sp³-hybridized carbons (Fsp3) is 1.00. The minimum atomic E-state index is 1.36. The molecule has 0 heterocycles. The first-order chi connectivity index (χ1) is 3.91. The Morgan fingerprint density at radius 1 is 1.00 bits per heavy atom. The van der Waals surface area contributed by atoms with Gasteiger partial charge in [-0.2, -0.15) is 0 Å². The van der Waals surface area contributed by atoms with Crippen molar-refractivity contribution >= 4 is 50.2 Å². The van der Waals surface area contributed by atoms with E-state index in [1.807, 2.05) is 0 Å². The van der Waals surface area contributed by atoms with Crippen LogP contribution in [0.5, 0.6) is 0 Å². The molecule has 8 heavy (non-hydrogen) atoms. The lowest BCUT2D eigenvalue weighted by Gasteiger charge is -1.84. The minimum Gasteiger partial charge on any atom is -0.0966 e. The molecular weight excluding hydrogens is 87.7 g/mol. The van der Waals surface area contributed by atoms with Crippen molar-refractivity contribution < 1.29 is 0 Å². The van der Waals surface area contributed by atoms with Crippen LogP contribution < -0.4 is 0 Å². The zero-order valence-corrected chi connectivity index (χ0v) is 6.24. The van der Waals surface area contributed by atoms with Crippen molar-refractivity contribution in [2.75, 3.05) is 0 Å². The molecule has 0 atom stereocenters. The highest BCUT2D eigenvalue weighted by molar-refractivity contribution is 7.61. The molecule has 0 saturated heterocycles. The molecule has 0 aromatic heterocycles. The molecule has 0 amide bonds. The van der Waals surface area contributed by atoms with Gasteiger partial charge >= 0.3 is 0 Å². The van der Waals surface area contributed by atoms with Crippen LogP contribution in [0.1, 0.15) is 0 Å². The summed E-state index contributed by atoms with van der Waals surface area (Å²) in [5, 5.41) is 0. The Balaban J connectivity index is 2.53. The number of hydrogen-bond donors (Lipinski definition) is 0. The van der Waals surface area contributed by atoms with E-state index < -0.39 is 0 Å². The van der Waals surface area contributed by atoms with Gasteiger partial charge in [-0.05, 0) is 0 Å². The van der Waals surface area contributed by atoms with Crippen LogP contribution in [-0.2, 0) is 0 Å². The van der Waals surface area contributed by atoms with Crippen molar-refractivity contribution in [3.8, 4) is 0 Å². The first-order valence-electron chi connectivity index (χ1n) is 3.91. The lowest BCUT2D eigenvalue weighted by atomic mass is 8.95. The summed E-state index contributed by atoms with van der Waals surface area (Å²) < 4.78 is 0. The fourth-order valence-corrected chi connectivity index (χ4v) is 0.854. The Morgan fingerprint density at radius 2 is 1.62 bits per heavy atom. The van der Waals surface area contributed by atoms with E-state index in [4.69, 9.17) is 0 Å². The highest BCUT2D eigenvalue weighted by Crippen LogP contribution is 1.53. The minimum absolute atomic E-state index is 1.36. The van der Waals surface area contributed by atoms with E-state index in [0.717, 1.165) is 0 Å². The van der Waals surface area contributed by atoms with E-state index in [2.05, 4.69) is 14.6 Å². The highest BCUT2D eigenvalue weighted by Gasteiger charge is 1.92. The maximum atomic E-state index is 2.26. The summed E-state index contributed by atoms with van der Waals surface area (Å²) >= 11 is 0. The molecule has 0 fully saturated rings. The molecule has 0 aliphatic heterocycles. The molecule has 0 nitrogen and oxygen atoms in total. The van der Waals surface area contributed by atoms with Gasteiger partial charge < -0.3 is 0 Å². The van der Waals surface area contributed by atoms with Crippen LogP contribution in [-0.4, -0.2) is 50.2 Å². The molecule has 0 radical (unpaired) electrons. The molecule has 0 aromatic rings. The van der Waals surface area contributed by atoms with E-state index in [9.17, 15) is 0 Å². The predicted octanol–water partition coefficient (Wildman–Crippen LogP) is -4.22. The average Bonchev–Trinajstić information content (AvgIpc) is 1.81. The van der Waals surface area contributed by atoms with Crippen molar-refractivity contribution in [1.29, 1.82) is 0 Å². The molecule has 0 spiro atoms. The van der Waals surface area contributed by atoms with Gasteiger partial charge in [0.25, 0.3) is 0 Å². The van der Waals surface area contributed by atoms with Gasteiger partial charge in [-0.3, -0.25) is 0 Å². The van der Waals surface area contributed by atoms with Crippen LogP contribution >= 0.6 is 0 Å². The first-order valence-corrected chi connectivity index (χ1v) is 3.91. The van der Waals surface area contributed by atoms with Gasteiger partial charge in [-0.15, -0.1) is 0 Å². The summed E-state index contributed by atoms with van der Waals surface area (Å²) in [6.07, 6.45) is 0. The van der Waals surface area contributed by atoms with E-state index in [0.29, 0.717) is 0 Å². The molecule has 0 saturated carbocycles.